The summed E-state index contributed by atoms with van der Waals surface area (Å²) in [7, 11) is 0. The highest BCUT2D eigenvalue weighted by molar-refractivity contribution is 5.77. The number of nitrogens with one attached hydrogen (secondary N) is 2. The minimum absolute atomic E-state index is 0.0341. The first kappa shape index (κ1) is 21.6. The summed E-state index contributed by atoms with van der Waals surface area (Å²) >= 11 is 0. The molecule has 0 fully saturated rings. The second-order valence-corrected chi connectivity index (χ2v) is 6.62. The van der Waals surface area contributed by atoms with Crippen LogP contribution >= 0.6 is 0 Å². The number of nitro benzene ring substituents is 1. The fourth-order valence-corrected chi connectivity index (χ4v) is 2.68. The van der Waals surface area contributed by atoms with Crippen molar-refractivity contribution in [1.82, 2.24) is 5.32 Å². The third-order valence-corrected chi connectivity index (χ3v) is 4.30. The molecule has 1 amide bonds. The van der Waals surface area contributed by atoms with Crippen LogP contribution in [0.1, 0.15) is 5.56 Å². The Hall–Kier alpha value is -4.07. The molecular formula is C23H23N3O5. The van der Waals surface area contributed by atoms with Gasteiger partial charge in [0.2, 0.25) is 0 Å². The number of ether oxygens (including phenoxy) is 2. The van der Waals surface area contributed by atoms with E-state index in [0.717, 1.165) is 17.0 Å². The lowest BCUT2D eigenvalue weighted by atomic mass is 10.2. The van der Waals surface area contributed by atoms with Gasteiger partial charge < -0.3 is 20.1 Å². The zero-order chi connectivity index (χ0) is 21.9. The summed E-state index contributed by atoms with van der Waals surface area (Å²) in [5.74, 6) is 1.05. The molecule has 0 heterocycles. The molecular weight excluding hydrogens is 398 g/mol. The maximum Gasteiger partial charge on any atom is 0.269 e. The molecule has 3 aromatic carbocycles. The van der Waals surface area contributed by atoms with E-state index in [1.165, 1.54) is 12.1 Å². The molecule has 3 aromatic rings. The third-order valence-electron chi connectivity index (χ3n) is 4.30. The van der Waals surface area contributed by atoms with Gasteiger partial charge in [-0.15, -0.1) is 0 Å². The second kappa shape index (κ2) is 11.2. The van der Waals surface area contributed by atoms with Gasteiger partial charge in [0.25, 0.3) is 11.6 Å². The molecule has 0 saturated heterocycles. The highest BCUT2D eigenvalue weighted by Gasteiger charge is 2.05. The fraction of sp³-hybridized carbons (Fsp3) is 0.174. The topological polar surface area (TPSA) is 103 Å². The van der Waals surface area contributed by atoms with Crippen LogP contribution in [0.25, 0.3) is 0 Å². The van der Waals surface area contributed by atoms with E-state index in [0.29, 0.717) is 25.4 Å². The summed E-state index contributed by atoms with van der Waals surface area (Å²) in [6, 6.07) is 23.1. The Morgan fingerprint density at radius 2 is 1.48 bits per heavy atom. The number of amides is 1. The first-order chi connectivity index (χ1) is 15.1. The number of hydrogen-bond donors (Lipinski definition) is 2. The van der Waals surface area contributed by atoms with Crippen LogP contribution in [0.3, 0.4) is 0 Å². The van der Waals surface area contributed by atoms with Crippen molar-refractivity contribution in [1.29, 1.82) is 0 Å². The van der Waals surface area contributed by atoms with E-state index >= 15 is 0 Å². The number of rotatable bonds is 11. The minimum atomic E-state index is -0.449. The van der Waals surface area contributed by atoms with Crippen molar-refractivity contribution in [3.8, 4) is 11.5 Å². The molecule has 8 nitrogen and oxygen atoms in total. The molecule has 0 bridgehead atoms. The number of non-ortho nitro benzene ring substituents is 1. The number of carbonyl (C=O) groups excluding carboxylic acids is 1. The summed E-state index contributed by atoms with van der Waals surface area (Å²) in [4.78, 5) is 22.1. The lowest BCUT2D eigenvalue weighted by Crippen LogP contribution is -2.32. The average Bonchev–Trinajstić information content (AvgIpc) is 2.81. The standard InChI is InChI=1S/C23H23N3O5/c27-23(25-15-14-24-19-6-8-20(9-7-19)26(28)29)17-31-22-12-10-21(11-13-22)30-16-18-4-2-1-3-5-18/h1-13,24H,14-17H2,(H,25,27). The van der Waals surface area contributed by atoms with Crippen LogP contribution in [0.5, 0.6) is 11.5 Å². The molecule has 160 valence electrons. The monoisotopic (exact) mass is 421 g/mol. The molecule has 0 aliphatic rings. The molecule has 2 N–H and O–H groups in total. The Kier molecular flexibility index (Phi) is 7.82. The summed E-state index contributed by atoms with van der Waals surface area (Å²) in [6.45, 7) is 1.27. The molecule has 0 aliphatic heterocycles. The van der Waals surface area contributed by atoms with E-state index in [1.807, 2.05) is 30.3 Å². The largest absolute Gasteiger partial charge is 0.489 e. The number of nitrogens with zero attached hydrogens (tertiary/aromatic N) is 1. The lowest BCUT2D eigenvalue weighted by molar-refractivity contribution is -0.384. The molecule has 0 spiro atoms. The molecule has 0 radical (unpaired) electrons. The summed E-state index contributed by atoms with van der Waals surface area (Å²) in [5.41, 5.74) is 1.86. The lowest BCUT2D eigenvalue weighted by Gasteiger charge is -2.10. The summed E-state index contributed by atoms with van der Waals surface area (Å²) in [6.07, 6.45) is 0. The number of hydrogen-bond acceptors (Lipinski definition) is 6. The van der Waals surface area contributed by atoms with Crippen LogP contribution in [-0.2, 0) is 11.4 Å². The van der Waals surface area contributed by atoms with Crippen molar-refractivity contribution in [2.45, 2.75) is 6.61 Å². The maximum absolute atomic E-state index is 11.9. The van der Waals surface area contributed by atoms with Gasteiger partial charge in [0, 0.05) is 30.9 Å². The predicted molar refractivity (Wildman–Crippen MR) is 117 cm³/mol. The normalized spacial score (nSPS) is 10.2. The van der Waals surface area contributed by atoms with Gasteiger partial charge in [-0.25, -0.2) is 0 Å². The molecule has 3 rings (SSSR count). The van der Waals surface area contributed by atoms with E-state index in [9.17, 15) is 14.9 Å². The molecule has 31 heavy (non-hydrogen) atoms. The fourth-order valence-electron chi connectivity index (χ4n) is 2.68. The molecule has 0 atom stereocenters. The first-order valence-electron chi connectivity index (χ1n) is 9.75. The number of nitro groups is 1. The van der Waals surface area contributed by atoms with Crippen LogP contribution in [0.4, 0.5) is 11.4 Å². The van der Waals surface area contributed by atoms with Crippen molar-refractivity contribution in [3.05, 3.63) is 94.5 Å². The van der Waals surface area contributed by atoms with E-state index in [1.54, 1.807) is 36.4 Å². The zero-order valence-corrected chi connectivity index (χ0v) is 16.8. The summed E-state index contributed by atoms with van der Waals surface area (Å²) in [5, 5.41) is 16.5. The highest BCUT2D eigenvalue weighted by atomic mass is 16.6. The quantitative estimate of drug-likeness (QED) is 0.277. The van der Waals surface area contributed by atoms with Crippen LogP contribution < -0.4 is 20.1 Å². The number of anilines is 1. The van der Waals surface area contributed by atoms with Gasteiger partial charge >= 0.3 is 0 Å². The summed E-state index contributed by atoms with van der Waals surface area (Å²) < 4.78 is 11.2. The van der Waals surface area contributed by atoms with Crippen LogP contribution in [0.2, 0.25) is 0 Å². The van der Waals surface area contributed by atoms with Crippen molar-refractivity contribution in [2.24, 2.45) is 0 Å². The SMILES string of the molecule is O=C(COc1ccc(OCc2ccccc2)cc1)NCCNc1ccc([N+](=O)[O-])cc1. The Labute approximate surface area is 180 Å². The van der Waals surface area contributed by atoms with Crippen molar-refractivity contribution in [3.63, 3.8) is 0 Å². The maximum atomic E-state index is 11.9. The van der Waals surface area contributed by atoms with Crippen LogP contribution in [0.15, 0.2) is 78.9 Å². The number of benzene rings is 3. The Bertz CT molecular complexity index is 976. The Morgan fingerprint density at radius 3 is 2.13 bits per heavy atom. The second-order valence-electron chi connectivity index (χ2n) is 6.62. The molecule has 8 heteroatoms. The van der Waals surface area contributed by atoms with Crippen molar-refractivity contribution in [2.75, 3.05) is 25.0 Å². The molecule has 0 aromatic heterocycles. The Morgan fingerprint density at radius 1 is 0.839 bits per heavy atom. The smallest absolute Gasteiger partial charge is 0.269 e. The van der Waals surface area contributed by atoms with Gasteiger partial charge in [0.1, 0.15) is 18.1 Å². The van der Waals surface area contributed by atoms with E-state index in [2.05, 4.69) is 10.6 Å². The van der Waals surface area contributed by atoms with Gasteiger partial charge in [-0.2, -0.15) is 0 Å². The highest BCUT2D eigenvalue weighted by Crippen LogP contribution is 2.19. The van der Waals surface area contributed by atoms with Crippen LogP contribution in [-0.4, -0.2) is 30.5 Å². The van der Waals surface area contributed by atoms with Gasteiger partial charge in [-0.1, -0.05) is 30.3 Å². The predicted octanol–water partition coefficient (Wildman–Crippen LogP) is 3.78. The molecule has 0 unspecified atom stereocenters. The minimum Gasteiger partial charge on any atom is -0.489 e. The van der Waals surface area contributed by atoms with Crippen molar-refractivity contribution >= 4 is 17.3 Å². The van der Waals surface area contributed by atoms with Crippen LogP contribution in [0, 0.1) is 10.1 Å². The number of carbonyl (C=O) groups is 1. The average molecular weight is 421 g/mol. The first-order valence-corrected chi connectivity index (χ1v) is 9.75. The Balaban J connectivity index is 1.31. The van der Waals surface area contributed by atoms with E-state index < -0.39 is 4.92 Å². The van der Waals surface area contributed by atoms with Gasteiger partial charge in [-0.05, 0) is 42.0 Å². The third kappa shape index (κ3) is 7.36. The zero-order valence-electron chi connectivity index (χ0n) is 16.8. The van der Waals surface area contributed by atoms with Gasteiger partial charge in [-0.3, -0.25) is 14.9 Å². The van der Waals surface area contributed by atoms with E-state index in [4.69, 9.17) is 9.47 Å². The van der Waals surface area contributed by atoms with Crippen molar-refractivity contribution < 1.29 is 19.2 Å². The molecule has 0 saturated carbocycles. The van der Waals surface area contributed by atoms with Gasteiger partial charge in [0.05, 0.1) is 4.92 Å². The van der Waals surface area contributed by atoms with E-state index in [-0.39, 0.29) is 18.2 Å². The van der Waals surface area contributed by atoms with Gasteiger partial charge in [0.15, 0.2) is 6.61 Å². The molecule has 0 aliphatic carbocycles.